The Labute approximate surface area is 144 Å². The molecule has 1 aromatic rings. The molecule has 0 saturated carbocycles. The molecular weight excluding hydrogens is 337 g/mol. The predicted molar refractivity (Wildman–Crippen MR) is 84.6 cm³/mol. The second kappa shape index (κ2) is 8.22. The summed E-state index contributed by atoms with van der Waals surface area (Å²) in [5, 5.41) is 2.68. The predicted octanol–water partition coefficient (Wildman–Crippen LogP) is 3.19. The molecule has 0 unspecified atom stereocenters. The van der Waals surface area contributed by atoms with E-state index in [1.807, 2.05) is 0 Å². The van der Waals surface area contributed by atoms with E-state index in [2.05, 4.69) is 5.32 Å². The van der Waals surface area contributed by atoms with E-state index in [9.17, 15) is 22.8 Å². The average molecular weight is 358 g/mol. The third-order valence-electron chi connectivity index (χ3n) is 4.11. The highest BCUT2D eigenvalue weighted by Crippen LogP contribution is 2.29. The Morgan fingerprint density at radius 3 is 2.56 bits per heavy atom. The number of hydrogen-bond donors (Lipinski definition) is 1. The van der Waals surface area contributed by atoms with Gasteiger partial charge in [0.2, 0.25) is 5.91 Å². The van der Waals surface area contributed by atoms with Crippen molar-refractivity contribution >= 4 is 12.0 Å². The quantitative estimate of drug-likeness (QED) is 0.899. The minimum atomic E-state index is -4.40. The van der Waals surface area contributed by atoms with Crippen LogP contribution in [-0.4, -0.2) is 36.6 Å². The molecule has 5 nitrogen and oxygen atoms in total. The van der Waals surface area contributed by atoms with Crippen molar-refractivity contribution in [1.29, 1.82) is 0 Å². The monoisotopic (exact) mass is 358 g/mol. The number of hydrogen-bond acceptors (Lipinski definition) is 3. The number of nitrogens with one attached hydrogen (secondary N) is 1. The van der Waals surface area contributed by atoms with E-state index in [4.69, 9.17) is 4.74 Å². The summed E-state index contributed by atoms with van der Waals surface area (Å²) in [6.45, 7) is 2.93. The zero-order chi connectivity index (χ0) is 18.4. The first-order valence-corrected chi connectivity index (χ1v) is 8.16. The Morgan fingerprint density at radius 2 is 1.96 bits per heavy atom. The molecule has 1 fully saturated rings. The molecule has 1 saturated heterocycles. The van der Waals surface area contributed by atoms with Crippen LogP contribution in [0.3, 0.4) is 0 Å². The number of carbonyl (C=O) groups excluding carboxylic acids is 2. The maximum Gasteiger partial charge on any atom is 0.416 e. The highest BCUT2D eigenvalue weighted by molar-refractivity contribution is 5.79. The van der Waals surface area contributed by atoms with Crippen LogP contribution in [0.2, 0.25) is 0 Å². The summed E-state index contributed by atoms with van der Waals surface area (Å²) in [6, 6.07) is 4.89. The topological polar surface area (TPSA) is 58.6 Å². The molecule has 0 radical (unpaired) electrons. The van der Waals surface area contributed by atoms with Gasteiger partial charge < -0.3 is 15.0 Å². The highest BCUT2D eigenvalue weighted by Gasteiger charge is 2.31. The summed E-state index contributed by atoms with van der Waals surface area (Å²) >= 11 is 0. The number of halogens is 3. The average Bonchev–Trinajstić information content (AvgIpc) is 2.59. The Balaban J connectivity index is 1.83. The number of benzene rings is 1. The Kier molecular flexibility index (Phi) is 6.27. The third-order valence-corrected chi connectivity index (χ3v) is 4.11. The number of piperidine rings is 1. The summed E-state index contributed by atoms with van der Waals surface area (Å²) in [5.74, 6) is -0.461. The maximum atomic E-state index is 12.7. The van der Waals surface area contributed by atoms with E-state index in [0.717, 1.165) is 12.1 Å². The van der Waals surface area contributed by atoms with Crippen molar-refractivity contribution in [3.05, 3.63) is 35.4 Å². The number of amides is 2. The lowest BCUT2D eigenvalue weighted by atomic mass is 9.96. The number of carbonyl (C=O) groups is 2. The van der Waals surface area contributed by atoms with Gasteiger partial charge in [0.1, 0.15) is 0 Å². The van der Waals surface area contributed by atoms with Gasteiger partial charge in [-0.15, -0.1) is 0 Å². The number of likely N-dealkylation sites (tertiary alicyclic amines) is 1. The minimum Gasteiger partial charge on any atom is -0.450 e. The molecule has 1 N–H and O–H groups in total. The first-order chi connectivity index (χ1) is 11.8. The van der Waals surface area contributed by atoms with Gasteiger partial charge in [-0.25, -0.2) is 4.79 Å². The molecule has 0 bridgehead atoms. The lowest BCUT2D eigenvalue weighted by Gasteiger charge is -2.30. The van der Waals surface area contributed by atoms with Crippen molar-refractivity contribution in [2.24, 2.45) is 5.92 Å². The molecule has 1 aliphatic heterocycles. The van der Waals surface area contributed by atoms with Crippen LogP contribution in [-0.2, 0) is 22.3 Å². The number of ether oxygens (including phenoxy) is 1. The van der Waals surface area contributed by atoms with Gasteiger partial charge in [-0.2, -0.15) is 13.2 Å². The molecule has 0 aliphatic carbocycles. The zero-order valence-corrected chi connectivity index (χ0v) is 13.9. The fourth-order valence-corrected chi connectivity index (χ4v) is 2.73. The van der Waals surface area contributed by atoms with Gasteiger partial charge in [-0.1, -0.05) is 12.1 Å². The molecular formula is C17H21F3N2O3. The number of rotatable bonds is 4. The summed E-state index contributed by atoms with van der Waals surface area (Å²) in [6.07, 6.45) is -3.77. The molecule has 0 spiro atoms. The molecule has 2 amide bonds. The van der Waals surface area contributed by atoms with Crippen LogP contribution in [0.4, 0.5) is 18.0 Å². The lowest BCUT2D eigenvalue weighted by molar-refractivity contribution is -0.137. The summed E-state index contributed by atoms with van der Waals surface area (Å²) in [5.41, 5.74) is -0.339. The van der Waals surface area contributed by atoms with Gasteiger partial charge in [-0.05, 0) is 37.5 Å². The van der Waals surface area contributed by atoms with Crippen LogP contribution >= 0.6 is 0 Å². The van der Waals surface area contributed by atoms with Gasteiger partial charge >= 0.3 is 12.3 Å². The zero-order valence-electron chi connectivity index (χ0n) is 13.9. The van der Waals surface area contributed by atoms with Gasteiger partial charge in [0.15, 0.2) is 0 Å². The number of alkyl halides is 3. The van der Waals surface area contributed by atoms with Crippen molar-refractivity contribution in [3.8, 4) is 0 Å². The molecule has 0 aromatic heterocycles. The van der Waals surface area contributed by atoms with Crippen molar-refractivity contribution in [3.63, 3.8) is 0 Å². The van der Waals surface area contributed by atoms with Crippen LogP contribution in [0, 0.1) is 5.92 Å². The van der Waals surface area contributed by atoms with Crippen LogP contribution in [0.5, 0.6) is 0 Å². The van der Waals surface area contributed by atoms with Crippen LogP contribution < -0.4 is 5.32 Å². The van der Waals surface area contributed by atoms with E-state index >= 15 is 0 Å². The van der Waals surface area contributed by atoms with Gasteiger partial charge in [0.25, 0.3) is 0 Å². The van der Waals surface area contributed by atoms with Crippen molar-refractivity contribution in [2.75, 3.05) is 19.7 Å². The molecule has 2 rings (SSSR count). The maximum absolute atomic E-state index is 12.7. The second-order valence-corrected chi connectivity index (χ2v) is 5.88. The van der Waals surface area contributed by atoms with E-state index in [1.165, 1.54) is 6.07 Å². The third kappa shape index (κ3) is 5.37. The van der Waals surface area contributed by atoms with E-state index in [-0.39, 0.29) is 24.5 Å². The molecule has 138 valence electrons. The Morgan fingerprint density at radius 1 is 1.28 bits per heavy atom. The first kappa shape index (κ1) is 19.1. The lowest BCUT2D eigenvalue weighted by Crippen LogP contribution is -2.43. The van der Waals surface area contributed by atoms with E-state index < -0.39 is 11.7 Å². The summed E-state index contributed by atoms with van der Waals surface area (Å²) < 4.78 is 43.0. The first-order valence-electron chi connectivity index (χ1n) is 8.16. The van der Waals surface area contributed by atoms with E-state index in [0.29, 0.717) is 38.1 Å². The van der Waals surface area contributed by atoms with Crippen LogP contribution in [0.25, 0.3) is 0 Å². The van der Waals surface area contributed by atoms with Gasteiger partial charge in [-0.3, -0.25) is 4.79 Å². The molecule has 25 heavy (non-hydrogen) atoms. The fraction of sp³-hybridized carbons (Fsp3) is 0.529. The van der Waals surface area contributed by atoms with Gasteiger partial charge in [0.05, 0.1) is 12.2 Å². The van der Waals surface area contributed by atoms with E-state index in [1.54, 1.807) is 17.9 Å². The van der Waals surface area contributed by atoms with Crippen molar-refractivity contribution < 1.29 is 27.5 Å². The molecule has 1 aliphatic rings. The van der Waals surface area contributed by atoms with Crippen molar-refractivity contribution in [2.45, 2.75) is 32.5 Å². The van der Waals surface area contributed by atoms with Crippen LogP contribution in [0.15, 0.2) is 24.3 Å². The Hall–Kier alpha value is -2.25. The summed E-state index contributed by atoms with van der Waals surface area (Å²) in [7, 11) is 0. The Bertz CT molecular complexity index is 611. The normalized spacial score (nSPS) is 15.8. The SMILES string of the molecule is CCOC(=O)N1CCC(C(=O)NCc2cccc(C(F)(F)F)c2)CC1. The number of nitrogens with zero attached hydrogens (tertiary/aromatic N) is 1. The smallest absolute Gasteiger partial charge is 0.416 e. The summed E-state index contributed by atoms with van der Waals surface area (Å²) in [4.78, 5) is 25.4. The highest BCUT2D eigenvalue weighted by atomic mass is 19.4. The molecule has 1 heterocycles. The second-order valence-electron chi connectivity index (χ2n) is 5.88. The van der Waals surface area contributed by atoms with Crippen molar-refractivity contribution in [1.82, 2.24) is 10.2 Å². The fourth-order valence-electron chi connectivity index (χ4n) is 2.73. The largest absolute Gasteiger partial charge is 0.450 e. The van der Waals surface area contributed by atoms with Crippen LogP contribution in [0.1, 0.15) is 30.9 Å². The molecule has 1 aromatic carbocycles. The standard InChI is InChI=1S/C17H21F3N2O3/c1-2-25-16(24)22-8-6-13(7-9-22)15(23)21-11-12-4-3-5-14(10-12)17(18,19)20/h3-5,10,13H,2,6-9,11H2,1H3,(H,21,23). The molecule has 8 heteroatoms. The van der Waals surface area contributed by atoms with Gasteiger partial charge in [0, 0.05) is 25.6 Å². The minimum absolute atomic E-state index is 0.0425. The molecule has 0 atom stereocenters.